The lowest BCUT2D eigenvalue weighted by atomic mass is 10.1. The van der Waals surface area contributed by atoms with Crippen molar-refractivity contribution in [2.45, 2.75) is 13.0 Å². The molecule has 1 fully saturated rings. The smallest absolute Gasteiger partial charge is 0.225 e. The average molecular weight is 488 g/mol. The van der Waals surface area contributed by atoms with Crippen molar-refractivity contribution in [2.24, 2.45) is 0 Å². The number of carbonyl (C=O) groups excluding carboxylic acids is 1. The van der Waals surface area contributed by atoms with E-state index in [1.807, 2.05) is 11.0 Å². The fraction of sp³-hybridized carbons (Fsp3) is 0.292. The Hall–Kier alpha value is -2.90. The number of halogens is 3. The minimum atomic E-state index is -0.282. The Kier molecular flexibility index (Phi) is 7.62. The maximum Gasteiger partial charge on any atom is 0.225 e. The van der Waals surface area contributed by atoms with Crippen LogP contribution in [0.2, 0.25) is 10.0 Å². The molecule has 1 aliphatic heterocycles. The number of rotatable bonds is 7. The van der Waals surface area contributed by atoms with E-state index in [9.17, 15) is 9.18 Å². The zero-order valence-electron chi connectivity index (χ0n) is 18.0. The van der Waals surface area contributed by atoms with E-state index in [2.05, 4.69) is 19.8 Å². The molecule has 2 heterocycles. The summed E-state index contributed by atoms with van der Waals surface area (Å²) in [6, 6.07) is 13.5. The van der Waals surface area contributed by atoms with Crippen molar-refractivity contribution >= 4 is 40.7 Å². The van der Waals surface area contributed by atoms with Crippen LogP contribution in [0.1, 0.15) is 12.0 Å². The molecule has 4 rings (SSSR count). The SMILES string of the molecule is O=C(CCN(Cc1ccc(F)cc1)c1ccc(Cl)c(Cl)c1)N1CCN(c2ncccn2)CC1. The highest BCUT2D eigenvalue weighted by atomic mass is 35.5. The van der Waals surface area contributed by atoms with Gasteiger partial charge in [-0.1, -0.05) is 35.3 Å². The third kappa shape index (κ3) is 6.12. The molecule has 0 N–H and O–H groups in total. The van der Waals surface area contributed by atoms with E-state index in [-0.39, 0.29) is 11.7 Å². The second kappa shape index (κ2) is 10.8. The van der Waals surface area contributed by atoms with Gasteiger partial charge in [-0.3, -0.25) is 4.79 Å². The van der Waals surface area contributed by atoms with E-state index < -0.39 is 0 Å². The van der Waals surface area contributed by atoms with Crippen LogP contribution in [-0.2, 0) is 11.3 Å². The largest absolute Gasteiger partial charge is 0.367 e. The molecule has 3 aromatic rings. The minimum Gasteiger partial charge on any atom is -0.367 e. The van der Waals surface area contributed by atoms with Crippen molar-refractivity contribution in [1.82, 2.24) is 14.9 Å². The van der Waals surface area contributed by atoms with Crippen LogP contribution in [0.15, 0.2) is 60.9 Å². The quantitative estimate of drug-likeness (QED) is 0.484. The van der Waals surface area contributed by atoms with Crippen molar-refractivity contribution in [3.8, 4) is 0 Å². The van der Waals surface area contributed by atoms with Gasteiger partial charge in [-0.15, -0.1) is 0 Å². The Morgan fingerprint density at radius 1 is 0.970 bits per heavy atom. The highest BCUT2D eigenvalue weighted by Gasteiger charge is 2.23. The zero-order chi connectivity index (χ0) is 23.2. The van der Waals surface area contributed by atoms with Crippen molar-refractivity contribution in [2.75, 3.05) is 42.5 Å². The Morgan fingerprint density at radius 3 is 2.33 bits per heavy atom. The maximum absolute atomic E-state index is 13.3. The molecule has 2 aromatic carbocycles. The van der Waals surface area contributed by atoms with Gasteiger partial charge in [-0.05, 0) is 42.0 Å². The van der Waals surface area contributed by atoms with E-state index in [4.69, 9.17) is 23.2 Å². The molecule has 6 nitrogen and oxygen atoms in total. The number of amides is 1. The Labute approximate surface area is 202 Å². The van der Waals surface area contributed by atoms with Crippen LogP contribution in [0.25, 0.3) is 0 Å². The molecular weight excluding hydrogens is 464 g/mol. The normalized spacial score (nSPS) is 13.8. The van der Waals surface area contributed by atoms with Crippen molar-refractivity contribution in [1.29, 1.82) is 0 Å². The summed E-state index contributed by atoms with van der Waals surface area (Å²) in [6.07, 6.45) is 3.79. The molecule has 172 valence electrons. The first-order valence-corrected chi connectivity index (χ1v) is 11.5. The molecule has 1 saturated heterocycles. The lowest BCUT2D eigenvalue weighted by Gasteiger charge is -2.35. The molecule has 0 unspecified atom stereocenters. The van der Waals surface area contributed by atoms with Gasteiger partial charge < -0.3 is 14.7 Å². The Balaban J connectivity index is 1.39. The second-order valence-electron chi connectivity index (χ2n) is 7.81. The van der Waals surface area contributed by atoms with Gasteiger partial charge in [0.25, 0.3) is 0 Å². The van der Waals surface area contributed by atoms with Crippen molar-refractivity contribution in [3.63, 3.8) is 0 Å². The number of piperazine rings is 1. The maximum atomic E-state index is 13.3. The molecule has 1 aliphatic rings. The number of nitrogens with zero attached hydrogens (tertiary/aromatic N) is 5. The van der Waals surface area contributed by atoms with Crippen LogP contribution >= 0.6 is 23.2 Å². The van der Waals surface area contributed by atoms with E-state index >= 15 is 0 Å². The molecule has 1 aromatic heterocycles. The minimum absolute atomic E-state index is 0.0906. The molecule has 0 radical (unpaired) electrons. The Morgan fingerprint density at radius 2 is 1.67 bits per heavy atom. The highest BCUT2D eigenvalue weighted by Crippen LogP contribution is 2.28. The highest BCUT2D eigenvalue weighted by molar-refractivity contribution is 6.42. The van der Waals surface area contributed by atoms with Crippen LogP contribution in [0.5, 0.6) is 0 Å². The molecule has 0 aliphatic carbocycles. The van der Waals surface area contributed by atoms with Gasteiger partial charge in [0.05, 0.1) is 10.0 Å². The van der Waals surface area contributed by atoms with Gasteiger partial charge in [0.1, 0.15) is 5.82 Å². The summed E-state index contributed by atoms with van der Waals surface area (Å²) >= 11 is 12.3. The monoisotopic (exact) mass is 487 g/mol. The number of anilines is 2. The molecular formula is C24H24Cl2FN5O. The van der Waals surface area contributed by atoms with Gasteiger partial charge in [-0.2, -0.15) is 0 Å². The fourth-order valence-corrected chi connectivity index (χ4v) is 4.08. The van der Waals surface area contributed by atoms with E-state index in [1.165, 1.54) is 12.1 Å². The van der Waals surface area contributed by atoms with E-state index in [0.29, 0.717) is 61.7 Å². The van der Waals surface area contributed by atoms with Gasteiger partial charge in [0.2, 0.25) is 11.9 Å². The number of benzene rings is 2. The number of hydrogen-bond donors (Lipinski definition) is 0. The van der Waals surface area contributed by atoms with Gasteiger partial charge in [0.15, 0.2) is 0 Å². The van der Waals surface area contributed by atoms with Crippen LogP contribution < -0.4 is 9.80 Å². The van der Waals surface area contributed by atoms with Crippen LogP contribution in [0.3, 0.4) is 0 Å². The summed E-state index contributed by atoms with van der Waals surface area (Å²) in [6.45, 7) is 3.66. The Bertz CT molecular complexity index is 1080. The topological polar surface area (TPSA) is 52.6 Å². The van der Waals surface area contributed by atoms with E-state index in [1.54, 1.807) is 42.7 Å². The summed E-state index contributed by atoms with van der Waals surface area (Å²) < 4.78 is 13.3. The second-order valence-corrected chi connectivity index (χ2v) is 8.63. The first-order valence-electron chi connectivity index (χ1n) is 10.7. The number of aromatic nitrogens is 2. The standard InChI is InChI=1S/C24H24Cl2FN5O/c25-21-7-6-20(16-22(21)26)32(17-18-2-4-19(27)5-3-18)11-8-23(33)30-12-14-31(15-13-30)24-28-9-1-10-29-24/h1-7,9-10,16H,8,11-15,17H2. The first kappa shape index (κ1) is 23.3. The van der Waals surface area contributed by atoms with Gasteiger partial charge in [0, 0.05) is 63.8 Å². The summed E-state index contributed by atoms with van der Waals surface area (Å²) in [5.74, 6) is 0.498. The van der Waals surface area contributed by atoms with Gasteiger partial charge in [-0.25, -0.2) is 14.4 Å². The average Bonchev–Trinajstić information content (AvgIpc) is 2.85. The van der Waals surface area contributed by atoms with Crippen molar-refractivity contribution in [3.05, 3.63) is 82.4 Å². The molecule has 33 heavy (non-hydrogen) atoms. The predicted molar refractivity (Wildman–Crippen MR) is 129 cm³/mol. The molecule has 0 bridgehead atoms. The molecule has 9 heteroatoms. The lowest BCUT2D eigenvalue weighted by molar-refractivity contribution is -0.131. The fourth-order valence-electron chi connectivity index (χ4n) is 3.79. The van der Waals surface area contributed by atoms with Crippen LogP contribution in [-0.4, -0.2) is 53.5 Å². The zero-order valence-corrected chi connectivity index (χ0v) is 19.5. The van der Waals surface area contributed by atoms with Crippen molar-refractivity contribution < 1.29 is 9.18 Å². The molecule has 1 amide bonds. The van der Waals surface area contributed by atoms with Gasteiger partial charge >= 0.3 is 0 Å². The summed E-state index contributed by atoms with van der Waals surface area (Å²) in [5, 5.41) is 0.919. The number of carbonyl (C=O) groups is 1. The molecule has 0 atom stereocenters. The molecule has 0 saturated carbocycles. The summed E-state index contributed by atoms with van der Waals surface area (Å²) in [7, 11) is 0. The molecule has 0 spiro atoms. The predicted octanol–water partition coefficient (Wildman–Crippen LogP) is 4.67. The lowest BCUT2D eigenvalue weighted by Crippen LogP contribution is -2.49. The van der Waals surface area contributed by atoms with Crippen LogP contribution in [0, 0.1) is 5.82 Å². The summed E-state index contributed by atoms with van der Waals surface area (Å²) in [5.41, 5.74) is 1.79. The number of hydrogen-bond acceptors (Lipinski definition) is 5. The first-order chi connectivity index (χ1) is 16.0. The third-order valence-electron chi connectivity index (χ3n) is 5.62. The summed E-state index contributed by atoms with van der Waals surface area (Å²) in [4.78, 5) is 27.5. The third-order valence-corrected chi connectivity index (χ3v) is 6.36. The van der Waals surface area contributed by atoms with Crippen LogP contribution in [0.4, 0.5) is 16.0 Å². The van der Waals surface area contributed by atoms with E-state index in [0.717, 1.165) is 11.3 Å².